The third-order valence-electron chi connectivity index (χ3n) is 8.67. The first-order valence-electron chi connectivity index (χ1n) is 17.9. The van der Waals surface area contributed by atoms with Crippen molar-refractivity contribution in [2.24, 2.45) is 0 Å². The van der Waals surface area contributed by atoms with E-state index >= 15 is 0 Å². The highest BCUT2D eigenvalue weighted by Gasteiger charge is 2.47. The van der Waals surface area contributed by atoms with Gasteiger partial charge in [-0.3, -0.25) is 0 Å². The SMILES string of the molecule is c1ccc(O[B-](Oc2ccccc2)(Oc2ccccc2)Oc2ccccc2)cc1.c1ccc([P+](c2ccccc2)(c2ccccc2)c2ccccc2)cc1. The highest BCUT2D eigenvalue weighted by Crippen LogP contribution is 2.54. The minimum Gasteiger partial charge on any atom is -0.611 e. The maximum absolute atomic E-state index is 6.21. The van der Waals surface area contributed by atoms with Crippen molar-refractivity contribution in [2.45, 2.75) is 0 Å². The zero-order valence-electron chi connectivity index (χ0n) is 29.8. The molecule has 0 aromatic heterocycles. The van der Waals surface area contributed by atoms with Crippen molar-refractivity contribution < 1.29 is 18.6 Å². The maximum Gasteiger partial charge on any atom is 0.777 e. The van der Waals surface area contributed by atoms with Gasteiger partial charge in [0, 0.05) is 0 Å². The average Bonchev–Trinajstić information content (AvgIpc) is 3.24. The molecule has 0 fully saturated rings. The summed E-state index contributed by atoms with van der Waals surface area (Å²) in [7, 11) is -1.91. The van der Waals surface area contributed by atoms with E-state index in [9.17, 15) is 0 Å². The number of hydrogen-bond acceptors (Lipinski definition) is 4. The predicted octanol–water partition coefficient (Wildman–Crippen LogP) is 10.0. The van der Waals surface area contributed by atoms with E-state index in [1.54, 1.807) is 0 Å². The quantitative estimate of drug-likeness (QED) is 0.0930. The van der Waals surface area contributed by atoms with Crippen LogP contribution in [-0.4, -0.2) is 6.96 Å². The molecule has 0 spiro atoms. The van der Waals surface area contributed by atoms with Crippen molar-refractivity contribution in [3.8, 4) is 23.0 Å². The Morgan fingerprint density at radius 3 is 0.574 bits per heavy atom. The first-order chi connectivity index (χ1) is 26.7. The summed E-state index contributed by atoms with van der Waals surface area (Å²) in [5.41, 5.74) is 0. The van der Waals surface area contributed by atoms with Crippen LogP contribution in [0.3, 0.4) is 0 Å². The molecule has 6 heteroatoms. The molecule has 264 valence electrons. The monoisotopic (exact) mass is 722 g/mol. The summed E-state index contributed by atoms with van der Waals surface area (Å²) in [6, 6.07) is 81.1. The van der Waals surface area contributed by atoms with Crippen molar-refractivity contribution in [3.05, 3.63) is 243 Å². The van der Waals surface area contributed by atoms with Gasteiger partial charge in [-0.1, -0.05) is 146 Å². The Labute approximate surface area is 318 Å². The standard InChI is InChI=1S/C24H20BO4.C24H20P/c1-5-13-21(14-6-1)26-25(27-22-15-7-2-8-16-22,28-23-17-9-3-10-18-23)29-24-19-11-4-12-20-24;1-5-13-21(14-6-1)25(22-15-7-2-8-16-22,23-17-9-3-10-18-23)24-19-11-4-12-20-24/h1-20H;1-20H/q-1;+1. The lowest BCUT2D eigenvalue weighted by atomic mass is 10.0. The van der Waals surface area contributed by atoms with Crippen LogP contribution in [0.25, 0.3) is 0 Å². The molecule has 8 aromatic rings. The Balaban J connectivity index is 0.000000168. The molecular formula is C48H40BO4P. The van der Waals surface area contributed by atoms with E-state index in [0.29, 0.717) is 23.0 Å². The van der Waals surface area contributed by atoms with E-state index in [2.05, 4.69) is 121 Å². The Bertz CT molecular complexity index is 1920. The zero-order chi connectivity index (χ0) is 36.7. The summed E-state index contributed by atoms with van der Waals surface area (Å²) in [6.07, 6.45) is 0. The summed E-state index contributed by atoms with van der Waals surface area (Å²) in [5, 5.41) is 5.55. The molecule has 0 radical (unpaired) electrons. The fourth-order valence-electron chi connectivity index (χ4n) is 6.31. The fraction of sp³-hybridized carbons (Fsp3) is 0. The Kier molecular flexibility index (Phi) is 11.8. The van der Waals surface area contributed by atoms with E-state index in [1.807, 2.05) is 121 Å². The summed E-state index contributed by atoms with van der Waals surface area (Å²) >= 11 is 0. The van der Waals surface area contributed by atoms with E-state index in [-0.39, 0.29) is 0 Å². The van der Waals surface area contributed by atoms with Gasteiger partial charge in [0.25, 0.3) is 0 Å². The van der Waals surface area contributed by atoms with Gasteiger partial charge in [-0.2, -0.15) is 0 Å². The van der Waals surface area contributed by atoms with Crippen LogP contribution in [0.1, 0.15) is 0 Å². The van der Waals surface area contributed by atoms with Crippen molar-refractivity contribution in [1.82, 2.24) is 0 Å². The maximum atomic E-state index is 6.21. The molecule has 0 amide bonds. The molecule has 0 bridgehead atoms. The van der Waals surface area contributed by atoms with Crippen LogP contribution in [0.5, 0.6) is 23.0 Å². The summed E-state index contributed by atoms with van der Waals surface area (Å²) in [4.78, 5) is 0. The lowest BCUT2D eigenvalue weighted by molar-refractivity contribution is 0.161. The Morgan fingerprint density at radius 2 is 0.389 bits per heavy atom. The molecule has 0 saturated carbocycles. The van der Waals surface area contributed by atoms with E-state index in [4.69, 9.17) is 18.6 Å². The van der Waals surface area contributed by atoms with Crippen LogP contribution in [-0.2, 0) is 0 Å². The van der Waals surface area contributed by atoms with Gasteiger partial charge >= 0.3 is 6.96 Å². The van der Waals surface area contributed by atoms with Gasteiger partial charge < -0.3 is 18.6 Å². The minimum absolute atomic E-state index is 0.565. The smallest absolute Gasteiger partial charge is 0.611 e. The molecule has 0 heterocycles. The molecule has 0 atom stereocenters. The highest BCUT2D eigenvalue weighted by molar-refractivity contribution is 8.01. The van der Waals surface area contributed by atoms with E-state index in [1.165, 1.54) is 21.2 Å². The van der Waals surface area contributed by atoms with Gasteiger partial charge in [0.05, 0.1) is 23.0 Å². The molecule has 0 unspecified atom stereocenters. The van der Waals surface area contributed by atoms with Crippen LogP contribution in [0.4, 0.5) is 0 Å². The number of para-hydroxylation sites is 4. The minimum atomic E-state index is -2.73. The third kappa shape index (κ3) is 8.73. The number of benzene rings is 8. The topological polar surface area (TPSA) is 36.9 Å². The Morgan fingerprint density at radius 1 is 0.222 bits per heavy atom. The van der Waals surface area contributed by atoms with Gasteiger partial charge in [0.15, 0.2) is 0 Å². The van der Waals surface area contributed by atoms with Gasteiger partial charge in [0.1, 0.15) is 28.5 Å². The molecule has 0 N–H and O–H groups in total. The van der Waals surface area contributed by atoms with Crippen LogP contribution >= 0.6 is 7.26 Å². The second-order valence-corrected chi connectivity index (χ2v) is 15.7. The van der Waals surface area contributed by atoms with Gasteiger partial charge in [-0.15, -0.1) is 0 Å². The summed E-state index contributed by atoms with van der Waals surface area (Å²) in [5.74, 6) is 2.26. The van der Waals surface area contributed by atoms with Crippen molar-refractivity contribution in [3.63, 3.8) is 0 Å². The van der Waals surface area contributed by atoms with E-state index < -0.39 is 14.2 Å². The summed E-state index contributed by atoms with van der Waals surface area (Å²) in [6.45, 7) is -2.73. The highest BCUT2D eigenvalue weighted by atomic mass is 31.2. The van der Waals surface area contributed by atoms with Crippen LogP contribution in [0.15, 0.2) is 243 Å². The Hall–Kier alpha value is -6.55. The molecule has 54 heavy (non-hydrogen) atoms. The first-order valence-corrected chi connectivity index (χ1v) is 19.7. The molecule has 0 aliphatic carbocycles. The van der Waals surface area contributed by atoms with Gasteiger partial charge in [-0.25, -0.2) is 0 Å². The van der Waals surface area contributed by atoms with Crippen LogP contribution in [0, 0.1) is 0 Å². The van der Waals surface area contributed by atoms with E-state index in [0.717, 1.165) is 0 Å². The molecule has 0 aliphatic heterocycles. The molecule has 8 aromatic carbocycles. The molecular weight excluding hydrogens is 682 g/mol. The molecule has 8 rings (SSSR count). The first kappa shape index (κ1) is 35.8. The lowest BCUT2D eigenvalue weighted by Crippen LogP contribution is -2.60. The lowest BCUT2D eigenvalue weighted by Gasteiger charge is -2.41. The summed E-state index contributed by atoms with van der Waals surface area (Å²) < 4.78 is 24.8. The number of hydrogen-bond donors (Lipinski definition) is 0. The second kappa shape index (κ2) is 17.8. The largest absolute Gasteiger partial charge is 0.777 e. The molecule has 4 nitrogen and oxygen atoms in total. The van der Waals surface area contributed by atoms with Gasteiger partial charge in [0.2, 0.25) is 0 Å². The fourth-order valence-corrected chi connectivity index (χ4v) is 10.6. The van der Waals surface area contributed by atoms with Crippen molar-refractivity contribution in [1.29, 1.82) is 0 Å². The number of rotatable bonds is 12. The van der Waals surface area contributed by atoms with Crippen molar-refractivity contribution in [2.75, 3.05) is 0 Å². The van der Waals surface area contributed by atoms with Crippen LogP contribution < -0.4 is 39.8 Å². The normalized spacial score (nSPS) is 11.0. The second-order valence-electron chi connectivity index (χ2n) is 12.3. The molecule has 0 aliphatic rings. The predicted molar refractivity (Wildman–Crippen MR) is 225 cm³/mol. The van der Waals surface area contributed by atoms with Gasteiger partial charge in [-0.05, 0) is 97.1 Å². The third-order valence-corrected chi connectivity index (χ3v) is 13.0. The average molecular weight is 723 g/mol. The zero-order valence-corrected chi connectivity index (χ0v) is 30.6. The van der Waals surface area contributed by atoms with Crippen molar-refractivity contribution >= 4 is 35.4 Å². The van der Waals surface area contributed by atoms with Crippen LogP contribution in [0.2, 0.25) is 0 Å². The molecule has 0 saturated heterocycles.